The lowest BCUT2D eigenvalue weighted by atomic mass is 9.87. The summed E-state index contributed by atoms with van der Waals surface area (Å²) in [4.78, 5) is 27.2. The summed E-state index contributed by atoms with van der Waals surface area (Å²) in [7, 11) is 0. The number of carbonyl (C=O) groups is 2. The van der Waals surface area contributed by atoms with Crippen LogP contribution < -0.4 is 0 Å². The van der Waals surface area contributed by atoms with Crippen LogP contribution in [0.2, 0.25) is 0 Å². The lowest BCUT2D eigenvalue weighted by Crippen LogP contribution is -2.29. The lowest BCUT2D eigenvalue weighted by molar-refractivity contribution is -0.140. The van der Waals surface area contributed by atoms with Gasteiger partial charge in [-0.05, 0) is 12.1 Å². The molecule has 1 aromatic rings. The van der Waals surface area contributed by atoms with Crippen LogP contribution in [0.5, 0.6) is 0 Å². The summed E-state index contributed by atoms with van der Waals surface area (Å²) in [5.41, 5.74) is 0.0337. The smallest absolute Gasteiger partial charge is 0.204 e. The van der Waals surface area contributed by atoms with Crippen LogP contribution in [0.4, 0.5) is 0 Å². The Morgan fingerprint density at radius 2 is 1.93 bits per heavy atom. The Hall–Kier alpha value is -1.51. The maximum Gasteiger partial charge on any atom is 0.204 e. The summed E-state index contributed by atoms with van der Waals surface area (Å²) in [5.74, 6) is -0.714. The van der Waals surface area contributed by atoms with Gasteiger partial charge in [0.15, 0.2) is 0 Å². The van der Waals surface area contributed by atoms with Crippen molar-refractivity contribution in [2.24, 2.45) is 5.41 Å². The molecule has 0 saturated carbocycles. The molecule has 0 amide bonds. The van der Waals surface area contributed by atoms with Gasteiger partial charge in [0.25, 0.3) is 0 Å². The maximum atomic E-state index is 11.6. The zero-order valence-electron chi connectivity index (χ0n) is 9.28. The molecule has 3 heteroatoms. The number of nitrogens with zero attached hydrogens (tertiary/aromatic N) is 1. The third kappa shape index (κ3) is 3.27. The molecule has 0 aliphatic carbocycles. The maximum absolute atomic E-state index is 11.6. The Labute approximate surface area is 89.5 Å². The third-order valence-corrected chi connectivity index (χ3v) is 2.00. The van der Waals surface area contributed by atoms with Gasteiger partial charge in [0.2, 0.25) is 11.6 Å². The minimum Gasteiger partial charge on any atom is -0.290 e. The minimum atomic E-state index is -0.605. The molecule has 0 radical (unpaired) electrons. The van der Waals surface area contributed by atoms with E-state index in [0.717, 1.165) is 0 Å². The molecular formula is C12H15NO2. The highest BCUT2D eigenvalue weighted by Gasteiger charge is 2.27. The van der Waals surface area contributed by atoms with Crippen molar-refractivity contribution >= 4 is 11.6 Å². The quantitative estimate of drug-likeness (QED) is 0.707. The molecule has 0 bridgehead atoms. The van der Waals surface area contributed by atoms with E-state index in [9.17, 15) is 9.59 Å². The van der Waals surface area contributed by atoms with Gasteiger partial charge in [-0.3, -0.25) is 14.6 Å². The molecule has 1 rings (SSSR count). The highest BCUT2D eigenvalue weighted by atomic mass is 16.2. The molecule has 0 aromatic carbocycles. The Morgan fingerprint density at radius 3 is 2.40 bits per heavy atom. The van der Waals surface area contributed by atoms with Crippen LogP contribution in [0.15, 0.2) is 24.4 Å². The summed E-state index contributed by atoms with van der Waals surface area (Å²) in [6.07, 6.45) is 1.71. The van der Waals surface area contributed by atoms with E-state index in [-0.39, 0.29) is 18.0 Å². The predicted octanol–water partition coefficient (Wildman–Crippen LogP) is 1.81. The number of aromatic nitrogens is 1. The fourth-order valence-corrected chi connectivity index (χ4v) is 1.17. The number of carbonyl (C=O) groups excluding carboxylic acids is 2. The second-order valence-electron chi connectivity index (χ2n) is 4.50. The fraction of sp³-hybridized carbons (Fsp3) is 0.417. The third-order valence-electron chi connectivity index (χ3n) is 2.00. The van der Waals surface area contributed by atoms with Crippen molar-refractivity contribution in [3.05, 3.63) is 30.1 Å². The zero-order chi connectivity index (χ0) is 11.5. The number of hydrogen-bond donors (Lipinski definition) is 0. The molecule has 1 heterocycles. The van der Waals surface area contributed by atoms with E-state index in [2.05, 4.69) is 4.98 Å². The fourth-order valence-electron chi connectivity index (χ4n) is 1.17. The van der Waals surface area contributed by atoms with Gasteiger partial charge in [0.05, 0.1) is 6.42 Å². The SMILES string of the molecule is CC(C)(C)C(=O)C(=O)Cc1ccccn1. The van der Waals surface area contributed by atoms with E-state index in [4.69, 9.17) is 0 Å². The van der Waals surface area contributed by atoms with Crippen LogP contribution in [-0.2, 0) is 16.0 Å². The van der Waals surface area contributed by atoms with Crippen molar-refractivity contribution < 1.29 is 9.59 Å². The molecular weight excluding hydrogens is 190 g/mol. The molecule has 0 aliphatic heterocycles. The molecule has 0 unspecified atom stereocenters. The number of rotatable bonds is 3. The summed E-state index contributed by atoms with van der Waals surface area (Å²) < 4.78 is 0. The van der Waals surface area contributed by atoms with Crippen molar-refractivity contribution in [2.75, 3.05) is 0 Å². The largest absolute Gasteiger partial charge is 0.290 e. The Morgan fingerprint density at radius 1 is 1.27 bits per heavy atom. The summed E-state index contributed by atoms with van der Waals surface area (Å²) in [6.45, 7) is 5.23. The average Bonchev–Trinajstić information content (AvgIpc) is 2.16. The van der Waals surface area contributed by atoms with Crippen LogP contribution in [0.25, 0.3) is 0 Å². The van der Waals surface area contributed by atoms with Gasteiger partial charge in [-0.15, -0.1) is 0 Å². The van der Waals surface area contributed by atoms with E-state index < -0.39 is 5.41 Å². The Balaban J connectivity index is 2.69. The van der Waals surface area contributed by atoms with Crippen molar-refractivity contribution in [2.45, 2.75) is 27.2 Å². The standard InChI is InChI=1S/C12H15NO2/c1-12(2,3)11(15)10(14)8-9-6-4-5-7-13-9/h4-7H,8H2,1-3H3. The molecule has 1 aromatic heterocycles. The van der Waals surface area contributed by atoms with Crippen molar-refractivity contribution in [1.82, 2.24) is 4.98 Å². The molecule has 0 fully saturated rings. The topological polar surface area (TPSA) is 47.0 Å². The number of pyridine rings is 1. The summed E-state index contributed by atoms with van der Waals surface area (Å²) in [5, 5.41) is 0. The van der Waals surface area contributed by atoms with Gasteiger partial charge in [-0.2, -0.15) is 0 Å². The molecule has 0 spiro atoms. The highest BCUT2D eigenvalue weighted by molar-refractivity contribution is 6.39. The molecule has 3 nitrogen and oxygen atoms in total. The zero-order valence-corrected chi connectivity index (χ0v) is 9.28. The normalized spacial score (nSPS) is 11.1. The molecule has 80 valence electrons. The van der Waals surface area contributed by atoms with E-state index in [1.165, 1.54) is 0 Å². The van der Waals surface area contributed by atoms with E-state index >= 15 is 0 Å². The van der Waals surface area contributed by atoms with Crippen LogP contribution in [0.1, 0.15) is 26.5 Å². The Bertz CT molecular complexity index is 363. The van der Waals surface area contributed by atoms with E-state index in [1.54, 1.807) is 45.2 Å². The van der Waals surface area contributed by atoms with E-state index in [1.807, 2.05) is 0 Å². The molecule has 15 heavy (non-hydrogen) atoms. The van der Waals surface area contributed by atoms with Crippen molar-refractivity contribution in [3.63, 3.8) is 0 Å². The van der Waals surface area contributed by atoms with E-state index in [0.29, 0.717) is 5.69 Å². The molecule has 0 aliphatic rings. The van der Waals surface area contributed by atoms with Gasteiger partial charge < -0.3 is 0 Å². The first kappa shape index (κ1) is 11.6. The van der Waals surface area contributed by atoms with Crippen molar-refractivity contribution in [1.29, 1.82) is 0 Å². The molecule has 0 atom stereocenters. The predicted molar refractivity (Wildman–Crippen MR) is 57.4 cm³/mol. The second kappa shape index (κ2) is 4.34. The number of Topliss-reactive ketones (excluding diaryl/α,β-unsaturated/α-hetero) is 2. The molecule has 0 N–H and O–H groups in total. The number of ketones is 2. The summed E-state index contributed by atoms with van der Waals surface area (Å²) >= 11 is 0. The van der Waals surface area contributed by atoms with Crippen LogP contribution in [-0.4, -0.2) is 16.6 Å². The van der Waals surface area contributed by atoms with Gasteiger partial charge in [-0.25, -0.2) is 0 Å². The first-order chi connectivity index (χ1) is 6.91. The lowest BCUT2D eigenvalue weighted by Gasteiger charge is -2.14. The molecule has 0 saturated heterocycles. The minimum absolute atomic E-state index is 0.0942. The monoisotopic (exact) mass is 205 g/mol. The second-order valence-corrected chi connectivity index (χ2v) is 4.50. The number of hydrogen-bond acceptors (Lipinski definition) is 3. The first-order valence-corrected chi connectivity index (χ1v) is 4.89. The highest BCUT2D eigenvalue weighted by Crippen LogP contribution is 2.15. The van der Waals surface area contributed by atoms with Crippen LogP contribution in [0.3, 0.4) is 0 Å². The first-order valence-electron chi connectivity index (χ1n) is 4.89. The van der Waals surface area contributed by atoms with Gasteiger partial charge in [0, 0.05) is 17.3 Å². The Kier molecular flexibility index (Phi) is 3.35. The van der Waals surface area contributed by atoms with Gasteiger partial charge in [-0.1, -0.05) is 26.8 Å². The van der Waals surface area contributed by atoms with Gasteiger partial charge >= 0.3 is 0 Å². The van der Waals surface area contributed by atoms with Crippen LogP contribution >= 0.6 is 0 Å². The average molecular weight is 205 g/mol. The van der Waals surface area contributed by atoms with Crippen LogP contribution in [0, 0.1) is 5.41 Å². The van der Waals surface area contributed by atoms with Crippen molar-refractivity contribution in [3.8, 4) is 0 Å². The van der Waals surface area contributed by atoms with Gasteiger partial charge in [0.1, 0.15) is 0 Å². The summed E-state index contributed by atoms with van der Waals surface area (Å²) in [6, 6.07) is 5.32.